The average molecular weight is 455 g/mol. The smallest absolute Gasteiger partial charge is 0.194 e. The Labute approximate surface area is 197 Å². The van der Waals surface area contributed by atoms with Gasteiger partial charge in [-0.1, -0.05) is 62.9 Å². The number of allylic oxidation sites excluding steroid dienone is 2. The van der Waals surface area contributed by atoms with E-state index in [1.165, 1.54) is 69.8 Å². The van der Waals surface area contributed by atoms with E-state index in [-0.39, 0.29) is 0 Å². The van der Waals surface area contributed by atoms with Gasteiger partial charge in [-0.2, -0.15) is 0 Å². The zero-order valence-corrected chi connectivity index (χ0v) is 20.1. The summed E-state index contributed by atoms with van der Waals surface area (Å²) in [6.45, 7) is 4.46. The largest absolute Gasteiger partial charge is 0.204 e. The second-order valence-electron chi connectivity index (χ2n) is 10.4. The Morgan fingerprint density at radius 1 is 0.788 bits per heavy atom. The lowest BCUT2D eigenvalue weighted by Gasteiger charge is -2.37. The van der Waals surface area contributed by atoms with E-state index in [4.69, 9.17) is 0 Å². The molecule has 4 rings (SSSR count). The van der Waals surface area contributed by atoms with Crippen LogP contribution in [0.3, 0.4) is 0 Å². The van der Waals surface area contributed by atoms with Crippen LogP contribution < -0.4 is 0 Å². The third-order valence-electron chi connectivity index (χ3n) is 8.21. The Morgan fingerprint density at radius 3 is 1.88 bits per heavy atom. The van der Waals surface area contributed by atoms with Crippen LogP contribution in [0.1, 0.15) is 83.6 Å². The molecular weight excluding hydrogens is 417 g/mol. The first-order valence-corrected chi connectivity index (χ1v) is 12.9. The van der Waals surface area contributed by atoms with Gasteiger partial charge in [-0.25, -0.2) is 13.2 Å². The first-order valence-electron chi connectivity index (χ1n) is 12.9. The molecule has 2 fully saturated rings. The minimum absolute atomic E-state index is 0.349. The lowest BCUT2D eigenvalue weighted by molar-refractivity contribution is 0.152. The molecule has 178 valence electrons. The van der Waals surface area contributed by atoms with Gasteiger partial charge >= 0.3 is 0 Å². The molecule has 2 aliphatic rings. The van der Waals surface area contributed by atoms with Crippen molar-refractivity contribution in [2.24, 2.45) is 23.7 Å². The van der Waals surface area contributed by atoms with Gasteiger partial charge in [0.1, 0.15) is 0 Å². The van der Waals surface area contributed by atoms with Crippen LogP contribution in [0.4, 0.5) is 13.2 Å². The lowest BCUT2D eigenvalue weighted by Crippen LogP contribution is -2.25. The fraction of sp³-hybridized carbons (Fsp3) is 0.533. The summed E-state index contributed by atoms with van der Waals surface area (Å²) in [7, 11) is 0. The molecule has 2 aliphatic carbocycles. The highest BCUT2D eigenvalue weighted by Crippen LogP contribution is 2.42. The number of benzene rings is 2. The van der Waals surface area contributed by atoms with Crippen LogP contribution in [0.5, 0.6) is 0 Å². The average Bonchev–Trinajstić information content (AvgIpc) is 2.83. The normalized spacial score (nSPS) is 26.4. The molecule has 2 aromatic rings. The summed E-state index contributed by atoms with van der Waals surface area (Å²) in [5.74, 6) is -0.234. The monoisotopic (exact) mass is 454 g/mol. The fourth-order valence-corrected chi connectivity index (χ4v) is 6.24. The summed E-state index contributed by atoms with van der Waals surface area (Å²) in [5.41, 5.74) is 3.40. The van der Waals surface area contributed by atoms with Gasteiger partial charge < -0.3 is 0 Å². The predicted molar refractivity (Wildman–Crippen MR) is 131 cm³/mol. The van der Waals surface area contributed by atoms with Crippen molar-refractivity contribution in [2.45, 2.75) is 78.1 Å². The summed E-state index contributed by atoms with van der Waals surface area (Å²) in [6.07, 6.45) is 16.2. The second-order valence-corrected chi connectivity index (χ2v) is 10.4. The predicted octanol–water partition coefficient (Wildman–Crippen LogP) is 9.59. The summed E-state index contributed by atoms with van der Waals surface area (Å²) >= 11 is 0. The van der Waals surface area contributed by atoms with E-state index in [0.717, 1.165) is 35.4 Å². The molecule has 3 heteroatoms. The van der Waals surface area contributed by atoms with Crippen molar-refractivity contribution in [1.29, 1.82) is 0 Å². The zero-order chi connectivity index (χ0) is 23.4. The van der Waals surface area contributed by atoms with Gasteiger partial charge in [0.15, 0.2) is 17.5 Å². The SMILES string of the molecule is CCCC1CCC(C2CCC(C=C(C)c3ccc(-c4cc(F)c(F)c(F)c4)cc3)CC2)CC1. The van der Waals surface area contributed by atoms with Gasteiger partial charge in [0.25, 0.3) is 0 Å². The van der Waals surface area contributed by atoms with Gasteiger partial charge in [-0.05, 0) is 104 Å². The Balaban J connectivity index is 1.32. The first kappa shape index (κ1) is 24.1. The second kappa shape index (κ2) is 10.9. The van der Waals surface area contributed by atoms with Gasteiger partial charge in [0.05, 0.1) is 0 Å². The summed E-state index contributed by atoms with van der Waals surface area (Å²) < 4.78 is 40.4. The van der Waals surface area contributed by atoms with Crippen LogP contribution in [0, 0.1) is 41.1 Å². The molecule has 0 amide bonds. The van der Waals surface area contributed by atoms with Crippen LogP contribution in [0.25, 0.3) is 16.7 Å². The molecular formula is C30H37F3. The van der Waals surface area contributed by atoms with Crippen molar-refractivity contribution in [3.63, 3.8) is 0 Å². The molecule has 0 nitrogen and oxygen atoms in total. The van der Waals surface area contributed by atoms with E-state index < -0.39 is 17.5 Å². The highest BCUT2D eigenvalue weighted by atomic mass is 19.2. The molecule has 0 N–H and O–H groups in total. The van der Waals surface area contributed by atoms with Crippen LogP contribution in [0.2, 0.25) is 0 Å². The Bertz CT molecular complexity index is 920. The van der Waals surface area contributed by atoms with Crippen LogP contribution in [0.15, 0.2) is 42.5 Å². The van der Waals surface area contributed by atoms with E-state index >= 15 is 0 Å². The third-order valence-corrected chi connectivity index (χ3v) is 8.21. The molecule has 0 bridgehead atoms. The molecule has 2 saturated carbocycles. The molecule has 0 unspecified atom stereocenters. The molecule has 0 saturated heterocycles. The first-order chi connectivity index (χ1) is 15.9. The van der Waals surface area contributed by atoms with Crippen molar-refractivity contribution in [3.05, 3.63) is 65.5 Å². The third kappa shape index (κ3) is 5.91. The van der Waals surface area contributed by atoms with E-state index in [1.807, 2.05) is 24.3 Å². The molecule has 33 heavy (non-hydrogen) atoms. The Morgan fingerprint density at radius 2 is 1.33 bits per heavy atom. The Hall–Kier alpha value is -2.03. The highest BCUT2D eigenvalue weighted by molar-refractivity contribution is 5.69. The molecule has 0 heterocycles. The van der Waals surface area contributed by atoms with Crippen molar-refractivity contribution in [2.75, 3.05) is 0 Å². The summed E-state index contributed by atoms with van der Waals surface area (Å²) in [5, 5.41) is 0. The van der Waals surface area contributed by atoms with Crippen molar-refractivity contribution in [3.8, 4) is 11.1 Å². The maximum atomic E-state index is 13.6. The van der Waals surface area contributed by atoms with E-state index in [9.17, 15) is 13.2 Å². The van der Waals surface area contributed by atoms with Crippen LogP contribution in [-0.4, -0.2) is 0 Å². The minimum atomic E-state index is -1.42. The molecule has 0 aromatic heterocycles. The fourth-order valence-electron chi connectivity index (χ4n) is 6.24. The quantitative estimate of drug-likeness (QED) is 0.381. The lowest BCUT2D eigenvalue weighted by atomic mass is 9.68. The van der Waals surface area contributed by atoms with Crippen molar-refractivity contribution < 1.29 is 13.2 Å². The van der Waals surface area contributed by atoms with E-state index in [2.05, 4.69) is 19.9 Å². The standard InChI is InChI=1S/C30H37F3/c1-3-4-21-5-9-24(10-6-21)25-11-7-22(8-12-25)17-20(2)23-13-15-26(16-14-23)27-18-28(31)30(33)29(32)19-27/h13-19,21-22,24-25H,3-12H2,1-2H3. The van der Waals surface area contributed by atoms with Crippen LogP contribution in [-0.2, 0) is 0 Å². The number of hydrogen-bond donors (Lipinski definition) is 0. The van der Waals surface area contributed by atoms with Crippen LogP contribution >= 0.6 is 0 Å². The number of halogens is 3. The van der Waals surface area contributed by atoms with Crippen molar-refractivity contribution >= 4 is 5.57 Å². The summed E-state index contributed by atoms with van der Waals surface area (Å²) in [6, 6.07) is 9.77. The van der Waals surface area contributed by atoms with Gasteiger partial charge in [0, 0.05) is 0 Å². The van der Waals surface area contributed by atoms with Crippen molar-refractivity contribution in [1.82, 2.24) is 0 Å². The van der Waals surface area contributed by atoms with Gasteiger partial charge in [-0.3, -0.25) is 0 Å². The molecule has 0 radical (unpaired) electrons. The van der Waals surface area contributed by atoms with Gasteiger partial charge in [-0.15, -0.1) is 0 Å². The topological polar surface area (TPSA) is 0 Å². The molecule has 0 aliphatic heterocycles. The number of rotatable bonds is 6. The maximum Gasteiger partial charge on any atom is 0.194 e. The van der Waals surface area contributed by atoms with Gasteiger partial charge in [0.2, 0.25) is 0 Å². The number of hydrogen-bond acceptors (Lipinski definition) is 0. The van der Waals surface area contributed by atoms with E-state index in [0.29, 0.717) is 17.0 Å². The molecule has 0 atom stereocenters. The highest BCUT2D eigenvalue weighted by Gasteiger charge is 2.30. The molecule has 0 spiro atoms. The maximum absolute atomic E-state index is 13.6. The van der Waals surface area contributed by atoms with E-state index in [1.54, 1.807) is 0 Å². The minimum Gasteiger partial charge on any atom is -0.204 e. The zero-order valence-electron chi connectivity index (χ0n) is 20.1. The Kier molecular flexibility index (Phi) is 7.98. The molecule has 2 aromatic carbocycles. The summed E-state index contributed by atoms with van der Waals surface area (Å²) in [4.78, 5) is 0.